The smallest absolute Gasteiger partial charge is 0.265 e. The van der Waals surface area contributed by atoms with E-state index in [4.69, 9.17) is 4.74 Å². The lowest BCUT2D eigenvalue weighted by molar-refractivity contribution is -0.130. The predicted octanol–water partition coefficient (Wildman–Crippen LogP) is 2.03. The fourth-order valence-corrected chi connectivity index (χ4v) is 5.48. The molecule has 1 saturated heterocycles. The second-order valence-corrected chi connectivity index (χ2v) is 9.94. The van der Waals surface area contributed by atoms with Crippen molar-refractivity contribution in [3.8, 4) is 5.75 Å². The maximum atomic E-state index is 13.0. The van der Waals surface area contributed by atoms with Crippen molar-refractivity contribution in [2.75, 3.05) is 44.2 Å². The average Bonchev–Trinajstić information content (AvgIpc) is 3.05. The van der Waals surface area contributed by atoms with E-state index >= 15 is 0 Å². The van der Waals surface area contributed by atoms with Gasteiger partial charge in [-0.3, -0.25) is 9.59 Å². The van der Waals surface area contributed by atoms with Gasteiger partial charge in [0.2, 0.25) is 15.9 Å². The summed E-state index contributed by atoms with van der Waals surface area (Å²) in [5, 5.41) is 0. The molecule has 0 aromatic heterocycles. The minimum atomic E-state index is -3.59. The number of para-hydroxylation sites is 2. The zero-order valence-electron chi connectivity index (χ0n) is 18.1. The first-order chi connectivity index (χ1) is 15.4. The molecule has 2 heterocycles. The Morgan fingerprint density at radius 2 is 1.75 bits per heavy atom. The molecule has 0 radical (unpaired) electrons. The van der Waals surface area contributed by atoms with E-state index < -0.39 is 10.0 Å². The van der Waals surface area contributed by atoms with Crippen LogP contribution in [0.5, 0.6) is 5.75 Å². The first-order valence-electron chi connectivity index (χ1n) is 10.7. The molecule has 1 fully saturated rings. The topological polar surface area (TPSA) is 87.2 Å². The Morgan fingerprint density at radius 1 is 1.00 bits per heavy atom. The van der Waals surface area contributed by atoms with Crippen molar-refractivity contribution in [1.29, 1.82) is 0 Å². The molecular weight excluding hydrogens is 430 g/mol. The van der Waals surface area contributed by atoms with Gasteiger partial charge in [-0.2, -0.15) is 4.31 Å². The molecule has 0 atom stereocenters. The van der Waals surface area contributed by atoms with Crippen molar-refractivity contribution >= 4 is 27.5 Å². The van der Waals surface area contributed by atoms with Crippen molar-refractivity contribution in [3.05, 3.63) is 54.1 Å². The van der Waals surface area contributed by atoms with Crippen molar-refractivity contribution in [1.82, 2.24) is 9.21 Å². The third-order valence-corrected chi connectivity index (χ3v) is 7.74. The van der Waals surface area contributed by atoms with E-state index in [9.17, 15) is 18.0 Å². The van der Waals surface area contributed by atoms with Crippen molar-refractivity contribution < 1.29 is 22.7 Å². The van der Waals surface area contributed by atoms with Gasteiger partial charge in [0.25, 0.3) is 5.91 Å². The molecule has 4 rings (SSSR count). The zero-order valence-corrected chi connectivity index (χ0v) is 18.9. The second-order valence-electron chi connectivity index (χ2n) is 8.00. The molecular formula is C23H27N3O5S. The summed E-state index contributed by atoms with van der Waals surface area (Å²) in [5.41, 5.74) is 1.67. The summed E-state index contributed by atoms with van der Waals surface area (Å²) < 4.78 is 32.9. The first kappa shape index (κ1) is 22.3. The van der Waals surface area contributed by atoms with Crippen LogP contribution in [0.1, 0.15) is 18.4 Å². The van der Waals surface area contributed by atoms with Crippen LogP contribution in [-0.2, 0) is 19.6 Å². The summed E-state index contributed by atoms with van der Waals surface area (Å²) in [6, 6.07) is 14.1. The molecule has 0 saturated carbocycles. The Morgan fingerprint density at radius 3 is 2.53 bits per heavy atom. The Balaban J connectivity index is 1.37. The van der Waals surface area contributed by atoms with Gasteiger partial charge in [-0.1, -0.05) is 29.8 Å². The maximum absolute atomic E-state index is 13.0. The van der Waals surface area contributed by atoms with Gasteiger partial charge in [0.05, 0.1) is 10.6 Å². The van der Waals surface area contributed by atoms with E-state index in [0.29, 0.717) is 37.5 Å². The normalized spacial score (nSPS) is 17.5. The van der Waals surface area contributed by atoms with Gasteiger partial charge in [0.1, 0.15) is 5.75 Å². The number of rotatable bonds is 5. The standard InChI is InChI=1S/C23H27N3O5S/c1-18-7-9-19(10-8-18)32(29,30)25-13-4-12-24(15-16-25)22(27)11-14-26-20-5-2-3-6-21(20)31-17-23(26)28/h2-3,5-10H,4,11-17H2,1H3. The SMILES string of the molecule is Cc1ccc(S(=O)(=O)N2CCCN(C(=O)CCN3C(=O)COc4ccccc43)CC2)cc1. The van der Waals surface area contributed by atoms with Crippen molar-refractivity contribution in [3.63, 3.8) is 0 Å². The van der Waals surface area contributed by atoms with Crippen molar-refractivity contribution in [2.45, 2.75) is 24.7 Å². The fourth-order valence-electron chi connectivity index (χ4n) is 4.01. The van der Waals surface area contributed by atoms with Gasteiger partial charge >= 0.3 is 0 Å². The molecule has 2 aliphatic rings. The molecule has 2 aromatic carbocycles. The number of ether oxygens (including phenoxy) is 1. The summed E-state index contributed by atoms with van der Waals surface area (Å²) >= 11 is 0. The quantitative estimate of drug-likeness (QED) is 0.686. The van der Waals surface area contributed by atoms with Crippen LogP contribution in [0.3, 0.4) is 0 Å². The summed E-state index contributed by atoms with van der Waals surface area (Å²) in [6.45, 7) is 3.58. The molecule has 0 spiro atoms. The van der Waals surface area contributed by atoms with E-state index in [0.717, 1.165) is 5.56 Å². The van der Waals surface area contributed by atoms with Crippen LogP contribution < -0.4 is 9.64 Å². The number of carbonyl (C=O) groups excluding carboxylic acids is 2. The van der Waals surface area contributed by atoms with Crippen LogP contribution in [0.25, 0.3) is 0 Å². The van der Waals surface area contributed by atoms with Crippen LogP contribution in [0.15, 0.2) is 53.4 Å². The number of aryl methyl sites for hydroxylation is 1. The monoisotopic (exact) mass is 457 g/mol. The summed E-state index contributed by atoms with van der Waals surface area (Å²) in [5.74, 6) is 0.366. The largest absolute Gasteiger partial charge is 0.482 e. The molecule has 2 amide bonds. The van der Waals surface area contributed by atoms with Gasteiger partial charge < -0.3 is 14.5 Å². The molecule has 170 valence electrons. The summed E-state index contributed by atoms with van der Waals surface area (Å²) in [4.78, 5) is 28.7. The minimum absolute atomic E-state index is 0.0409. The van der Waals surface area contributed by atoms with Crippen LogP contribution in [0, 0.1) is 6.92 Å². The molecule has 9 heteroatoms. The van der Waals surface area contributed by atoms with Gasteiger partial charge in [-0.25, -0.2) is 8.42 Å². The molecule has 2 aliphatic heterocycles. The Bertz CT molecular complexity index is 1100. The lowest BCUT2D eigenvalue weighted by Gasteiger charge is -2.30. The van der Waals surface area contributed by atoms with Gasteiger partial charge in [0, 0.05) is 39.1 Å². The number of carbonyl (C=O) groups is 2. The number of sulfonamides is 1. The number of fused-ring (bicyclic) bond motifs is 1. The highest BCUT2D eigenvalue weighted by atomic mass is 32.2. The third kappa shape index (κ3) is 4.63. The first-order valence-corrected chi connectivity index (χ1v) is 12.2. The zero-order chi connectivity index (χ0) is 22.7. The van der Waals surface area contributed by atoms with Crippen LogP contribution in [-0.4, -0.2) is 68.8 Å². The molecule has 0 N–H and O–H groups in total. The number of hydrogen-bond acceptors (Lipinski definition) is 5. The highest BCUT2D eigenvalue weighted by molar-refractivity contribution is 7.89. The molecule has 0 aliphatic carbocycles. The number of nitrogens with zero attached hydrogens (tertiary/aromatic N) is 3. The fraction of sp³-hybridized carbons (Fsp3) is 0.391. The van der Waals surface area contributed by atoms with Gasteiger partial charge in [-0.05, 0) is 37.6 Å². The van der Waals surface area contributed by atoms with Gasteiger partial charge in [-0.15, -0.1) is 0 Å². The highest BCUT2D eigenvalue weighted by Crippen LogP contribution is 2.31. The molecule has 0 bridgehead atoms. The highest BCUT2D eigenvalue weighted by Gasteiger charge is 2.29. The second kappa shape index (κ2) is 9.30. The van der Waals surface area contributed by atoms with Crippen LogP contribution in [0.2, 0.25) is 0 Å². The molecule has 32 heavy (non-hydrogen) atoms. The van der Waals surface area contributed by atoms with E-state index in [1.54, 1.807) is 46.2 Å². The molecule has 0 unspecified atom stereocenters. The Labute approximate surface area is 188 Å². The summed E-state index contributed by atoms with van der Waals surface area (Å²) in [7, 11) is -3.59. The lowest BCUT2D eigenvalue weighted by Crippen LogP contribution is -2.42. The predicted molar refractivity (Wildman–Crippen MR) is 120 cm³/mol. The molecule has 2 aromatic rings. The number of benzene rings is 2. The summed E-state index contributed by atoms with van der Waals surface area (Å²) in [6.07, 6.45) is 0.737. The number of amides is 2. The number of anilines is 1. The van der Waals surface area contributed by atoms with Crippen molar-refractivity contribution in [2.24, 2.45) is 0 Å². The van der Waals surface area contributed by atoms with E-state index in [1.807, 2.05) is 19.1 Å². The Hall–Kier alpha value is -2.91. The average molecular weight is 458 g/mol. The number of hydrogen-bond donors (Lipinski definition) is 0. The van der Waals surface area contributed by atoms with E-state index in [1.165, 1.54) is 4.31 Å². The Kier molecular flexibility index (Phi) is 6.48. The van der Waals surface area contributed by atoms with Crippen LogP contribution in [0.4, 0.5) is 5.69 Å². The van der Waals surface area contributed by atoms with Crippen LogP contribution >= 0.6 is 0 Å². The van der Waals surface area contributed by atoms with E-state index in [2.05, 4.69) is 0 Å². The lowest BCUT2D eigenvalue weighted by atomic mass is 10.2. The maximum Gasteiger partial charge on any atom is 0.265 e. The third-order valence-electron chi connectivity index (χ3n) is 5.82. The minimum Gasteiger partial charge on any atom is -0.482 e. The van der Waals surface area contributed by atoms with Gasteiger partial charge in [0.15, 0.2) is 6.61 Å². The molecule has 8 nitrogen and oxygen atoms in total. The van der Waals surface area contributed by atoms with E-state index in [-0.39, 0.29) is 42.8 Å².